The number of halogens is 2. The highest BCUT2D eigenvalue weighted by Crippen LogP contribution is 2.33. The fourth-order valence-electron chi connectivity index (χ4n) is 2.01. The number of anilines is 1. The quantitative estimate of drug-likeness (QED) is 0.777. The lowest BCUT2D eigenvalue weighted by molar-refractivity contribution is 0.0977. The monoisotopic (exact) mass is 306 g/mol. The van der Waals surface area contributed by atoms with Gasteiger partial charge in [-0.15, -0.1) is 0 Å². The maximum absolute atomic E-state index is 13.7. The number of furan rings is 2. The summed E-state index contributed by atoms with van der Waals surface area (Å²) in [5.41, 5.74) is 4.53. The van der Waals surface area contributed by atoms with Gasteiger partial charge in [0.2, 0.25) is 5.76 Å². The van der Waals surface area contributed by atoms with Crippen LogP contribution in [0.15, 0.2) is 39.4 Å². The second-order valence-corrected chi connectivity index (χ2v) is 4.37. The van der Waals surface area contributed by atoms with E-state index in [0.717, 1.165) is 6.07 Å². The van der Waals surface area contributed by atoms with Crippen LogP contribution < -0.4 is 11.1 Å². The Morgan fingerprint density at radius 2 is 2.00 bits per heavy atom. The van der Waals surface area contributed by atoms with Crippen LogP contribution in [-0.4, -0.2) is 11.8 Å². The van der Waals surface area contributed by atoms with Crippen molar-refractivity contribution >= 4 is 28.5 Å². The highest BCUT2D eigenvalue weighted by molar-refractivity contribution is 6.13. The highest BCUT2D eigenvalue weighted by Gasteiger charge is 2.24. The van der Waals surface area contributed by atoms with E-state index >= 15 is 0 Å². The zero-order chi connectivity index (χ0) is 15.9. The van der Waals surface area contributed by atoms with E-state index in [4.69, 9.17) is 14.6 Å². The first-order valence-electron chi connectivity index (χ1n) is 6.03. The molecule has 22 heavy (non-hydrogen) atoms. The summed E-state index contributed by atoms with van der Waals surface area (Å²) in [4.78, 5) is 23.4. The molecule has 0 saturated heterocycles. The Morgan fingerprint density at radius 3 is 2.64 bits per heavy atom. The Balaban J connectivity index is 2.16. The van der Waals surface area contributed by atoms with Crippen LogP contribution in [0.3, 0.4) is 0 Å². The molecule has 0 aliphatic carbocycles. The molecule has 0 fully saturated rings. The average molecular weight is 306 g/mol. The van der Waals surface area contributed by atoms with Crippen molar-refractivity contribution in [2.75, 3.05) is 5.32 Å². The zero-order valence-electron chi connectivity index (χ0n) is 10.9. The number of benzene rings is 1. The first-order chi connectivity index (χ1) is 10.5. The molecule has 112 valence electrons. The normalized spacial score (nSPS) is 10.8. The molecule has 8 heteroatoms. The summed E-state index contributed by atoms with van der Waals surface area (Å²) >= 11 is 0. The summed E-state index contributed by atoms with van der Waals surface area (Å²) in [7, 11) is 0. The number of fused-ring (bicyclic) bond motifs is 1. The topological polar surface area (TPSA) is 98.5 Å². The first kappa shape index (κ1) is 13.8. The van der Waals surface area contributed by atoms with Gasteiger partial charge in [-0.1, -0.05) is 0 Å². The Bertz CT molecular complexity index is 884. The van der Waals surface area contributed by atoms with Crippen molar-refractivity contribution in [1.29, 1.82) is 0 Å². The van der Waals surface area contributed by atoms with Crippen LogP contribution >= 0.6 is 0 Å². The van der Waals surface area contributed by atoms with Crippen molar-refractivity contribution in [1.82, 2.24) is 0 Å². The third-order valence-corrected chi connectivity index (χ3v) is 2.92. The third-order valence-electron chi connectivity index (χ3n) is 2.92. The summed E-state index contributed by atoms with van der Waals surface area (Å²) in [5, 5.41) is 2.19. The molecule has 0 saturated carbocycles. The number of rotatable bonds is 3. The van der Waals surface area contributed by atoms with E-state index in [-0.39, 0.29) is 22.4 Å². The average Bonchev–Trinajstić information content (AvgIpc) is 3.07. The minimum atomic E-state index is -1.04. The van der Waals surface area contributed by atoms with Gasteiger partial charge in [0, 0.05) is 6.07 Å². The minimum Gasteiger partial charge on any atom is -0.459 e. The summed E-state index contributed by atoms with van der Waals surface area (Å²) in [6.45, 7) is 0. The van der Waals surface area contributed by atoms with Gasteiger partial charge in [-0.05, 0) is 18.2 Å². The largest absolute Gasteiger partial charge is 0.459 e. The molecule has 0 atom stereocenters. The maximum Gasteiger partial charge on any atom is 0.291 e. The van der Waals surface area contributed by atoms with Crippen molar-refractivity contribution in [2.24, 2.45) is 5.73 Å². The van der Waals surface area contributed by atoms with Crippen LogP contribution in [-0.2, 0) is 0 Å². The second kappa shape index (κ2) is 4.99. The molecule has 3 aromatic rings. The zero-order valence-corrected chi connectivity index (χ0v) is 10.9. The maximum atomic E-state index is 13.7. The third kappa shape index (κ3) is 2.20. The van der Waals surface area contributed by atoms with Gasteiger partial charge in [0.05, 0.1) is 11.6 Å². The van der Waals surface area contributed by atoms with E-state index in [1.54, 1.807) is 0 Å². The smallest absolute Gasteiger partial charge is 0.291 e. The molecular weight excluding hydrogens is 298 g/mol. The lowest BCUT2D eigenvalue weighted by atomic mass is 10.2. The summed E-state index contributed by atoms with van der Waals surface area (Å²) in [6, 6.07) is 4.38. The van der Waals surface area contributed by atoms with Gasteiger partial charge < -0.3 is 19.9 Å². The lowest BCUT2D eigenvalue weighted by Gasteiger charge is -2.02. The predicted molar refractivity (Wildman–Crippen MR) is 71.3 cm³/mol. The van der Waals surface area contributed by atoms with Gasteiger partial charge in [-0.2, -0.15) is 0 Å². The van der Waals surface area contributed by atoms with Gasteiger partial charge in [-0.25, -0.2) is 8.78 Å². The fraction of sp³-hybridized carbons (Fsp3) is 0. The van der Waals surface area contributed by atoms with E-state index in [1.165, 1.54) is 18.4 Å². The van der Waals surface area contributed by atoms with Gasteiger partial charge >= 0.3 is 0 Å². The summed E-state index contributed by atoms with van der Waals surface area (Å²) in [6.07, 6.45) is 1.27. The molecule has 2 heterocycles. The highest BCUT2D eigenvalue weighted by atomic mass is 19.1. The number of carbonyl (C=O) groups is 2. The number of carbonyl (C=O) groups excluding carboxylic acids is 2. The minimum absolute atomic E-state index is 0.0540. The number of nitrogens with two attached hydrogens (primary N) is 1. The SMILES string of the molecule is NC(=O)c1oc2c(F)cc(F)cc2c1NC(=O)c1ccco1. The molecule has 0 spiro atoms. The van der Waals surface area contributed by atoms with E-state index in [9.17, 15) is 18.4 Å². The molecule has 0 aliphatic rings. The van der Waals surface area contributed by atoms with Crippen molar-refractivity contribution < 1.29 is 27.2 Å². The molecule has 3 rings (SSSR count). The molecular formula is C14H8F2N2O4. The Morgan fingerprint density at radius 1 is 1.23 bits per heavy atom. The molecule has 3 N–H and O–H groups in total. The Kier molecular flexibility index (Phi) is 3.13. The Labute approximate surface area is 121 Å². The molecule has 0 unspecified atom stereocenters. The van der Waals surface area contributed by atoms with Crippen LogP contribution in [0.25, 0.3) is 11.0 Å². The van der Waals surface area contributed by atoms with Gasteiger partial charge in [0.25, 0.3) is 11.8 Å². The Hall–Kier alpha value is -3.16. The standard InChI is InChI=1S/C14H8F2N2O4/c15-6-4-7-10(18-14(20)9-2-1-3-21-9)12(13(17)19)22-11(7)8(16)5-6/h1-5H,(H2,17,19)(H,18,20). The summed E-state index contributed by atoms with van der Waals surface area (Å²) < 4.78 is 37.0. The van der Waals surface area contributed by atoms with Crippen LogP contribution in [0, 0.1) is 11.6 Å². The molecule has 0 aliphatic heterocycles. The van der Waals surface area contributed by atoms with Crippen LogP contribution in [0.1, 0.15) is 21.1 Å². The van der Waals surface area contributed by atoms with Crippen molar-refractivity contribution in [3.63, 3.8) is 0 Å². The van der Waals surface area contributed by atoms with E-state index in [1.807, 2.05) is 0 Å². The molecule has 6 nitrogen and oxygen atoms in total. The number of hydrogen-bond acceptors (Lipinski definition) is 4. The van der Waals surface area contributed by atoms with Crippen molar-refractivity contribution in [3.05, 3.63) is 53.7 Å². The molecule has 1 aromatic carbocycles. The van der Waals surface area contributed by atoms with Crippen LogP contribution in [0.4, 0.5) is 14.5 Å². The number of nitrogens with one attached hydrogen (secondary N) is 1. The van der Waals surface area contributed by atoms with Crippen LogP contribution in [0.5, 0.6) is 0 Å². The number of amides is 2. The van der Waals surface area contributed by atoms with Gasteiger partial charge in [-0.3, -0.25) is 9.59 Å². The van der Waals surface area contributed by atoms with E-state index in [0.29, 0.717) is 6.07 Å². The summed E-state index contributed by atoms with van der Waals surface area (Å²) in [5.74, 6) is -4.21. The predicted octanol–water partition coefficient (Wildman–Crippen LogP) is 2.66. The molecule has 0 bridgehead atoms. The lowest BCUT2D eigenvalue weighted by Crippen LogP contribution is -2.16. The number of hydrogen-bond donors (Lipinski definition) is 2. The fourth-order valence-corrected chi connectivity index (χ4v) is 2.01. The second-order valence-electron chi connectivity index (χ2n) is 4.37. The number of primary amides is 1. The molecule has 2 amide bonds. The van der Waals surface area contributed by atoms with Crippen molar-refractivity contribution in [3.8, 4) is 0 Å². The van der Waals surface area contributed by atoms with E-state index < -0.39 is 29.2 Å². The van der Waals surface area contributed by atoms with Crippen LogP contribution in [0.2, 0.25) is 0 Å². The first-order valence-corrected chi connectivity index (χ1v) is 6.03. The molecule has 0 radical (unpaired) electrons. The van der Waals surface area contributed by atoms with E-state index in [2.05, 4.69) is 5.32 Å². The van der Waals surface area contributed by atoms with Gasteiger partial charge in [0.1, 0.15) is 11.5 Å². The van der Waals surface area contributed by atoms with Gasteiger partial charge in [0.15, 0.2) is 17.2 Å². The molecule has 2 aromatic heterocycles. The van der Waals surface area contributed by atoms with Crippen molar-refractivity contribution in [2.45, 2.75) is 0 Å².